The lowest BCUT2D eigenvalue weighted by atomic mass is 10.1. The van der Waals surface area contributed by atoms with Gasteiger partial charge in [-0.2, -0.15) is 0 Å². The second kappa shape index (κ2) is 9.28. The van der Waals surface area contributed by atoms with Crippen LogP contribution < -0.4 is 10.6 Å². The van der Waals surface area contributed by atoms with Gasteiger partial charge in [0.05, 0.1) is 5.56 Å². The highest BCUT2D eigenvalue weighted by molar-refractivity contribution is 6.04. The highest BCUT2D eigenvalue weighted by Crippen LogP contribution is 2.11. The fraction of sp³-hybridized carbons (Fsp3) is 0.0870. The Morgan fingerprint density at radius 1 is 1.00 bits per heavy atom. The first kappa shape index (κ1) is 19.0. The predicted octanol–water partition coefficient (Wildman–Crippen LogP) is 3.97. The van der Waals surface area contributed by atoms with Crippen molar-refractivity contribution in [3.8, 4) is 0 Å². The molecule has 0 aliphatic carbocycles. The van der Waals surface area contributed by atoms with E-state index in [4.69, 9.17) is 0 Å². The van der Waals surface area contributed by atoms with Crippen LogP contribution in [0.4, 0.5) is 5.69 Å². The lowest BCUT2D eigenvalue weighted by Crippen LogP contribution is -2.20. The van der Waals surface area contributed by atoms with E-state index < -0.39 is 0 Å². The minimum absolute atomic E-state index is 0.158. The Hall–Kier alpha value is -3.73. The van der Waals surface area contributed by atoms with Gasteiger partial charge in [0.2, 0.25) is 5.91 Å². The number of pyridine rings is 1. The minimum Gasteiger partial charge on any atom is -0.348 e. The van der Waals surface area contributed by atoms with Crippen molar-refractivity contribution in [2.24, 2.45) is 0 Å². The molecule has 1 heterocycles. The number of anilines is 1. The average Bonchev–Trinajstić information content (AvgIpc) is 2.73. The maximum Gasteiger partial charge on any atom is 0.257 e. The van der Waals surface area contributed by atoms with Crippen LogP contribution in [0.25, 0.3) is 6.08 Å². The van der Waals surface area contributed by atoms with E-state index in [9.17, 15) is 9.59 Å². The van der Waals surface area contributed by atoms with Gasteiger partial charge in [0.25, 0.3) is 5.91 Å². The number of carbonyl (C=O) groups is 2. The minimum atomic E-state index is -0.213. The fourth-order valence-electron chi connectivity index (χ4n) is 2.50. The first-order valence-corrected chi connectivity index (χ1v) is 8.93. The summed E-state index contributed by atoms with van der Waals surface area (Å²) in [6, 6.07) is 18.7. The molecule has 3 aromatic rings. The lowest BCUT2D eigenvalue weighted by Gasteiger charge is -2.07. The summed E-state index contributed by atoms with van der Waals surface area (Å²) in [5.74, 6) is -0.370. The summed E-state index contributed by atoms with van der Waals surface area (Å²) >= 11 is 0. The Kier molecular flexibility index (Phi) is 6.31. The van der Waals surface area contributed by atoms with E-state index in [0.29, 0.717) is 17.8 Å². The van der Waals surface area contributed by atoms with Crippen molar-refractivity contribution in [1.29, 1.82) is 0 Å². The number of nitrogens with one attached hydrogen (secondary N) is 2. The smallest absolute Gasteiger partial charge is 0.257 e. The monoisotopic (exact) mass is 371 g/mol. The van der Waals surface area contributed by atoms with Gasteiger partial charge in [0, 0.05) is 30.7 Å². The number of aromatic nitrogens is 1. The van der Waals surface area contributed by atoms with Crippen LogP contribution in [0.5, 0.6) is 0 Å². The fourth-order valence-corrected chi connectivity index (χ4v) is 2.50. The molecule has 3 rings (SSSR count). The van der Waals surface area contributed by atoms with E-state index in [-0.39, 0.29) is 11.8 Å². The van der Waals surface area contributed by atoms with Crippen LogP contribution in [0.15, 0.2) is 79.1 Å². The second-order valence-electron chi connectivity index (χ2n) is 6.35. The van der Waals surface area contributed by atoms with Crippen molar-refractivity contribution in [3.05, 3.63) is 101 Å². The maximum atomic E-state index is 12.1. The number of rotatable bonds is 6. The molecule has 0 aliphatic rings. The van der Waals surface area contributed by atoms with Crippen LogP contribution in [-0.2, 0) is 11.3 Å². The van der Waals surface area contributed by atoms with Gasteiger partial charge in [-0.05, 0) is 48.4 Å². The summed E-state index contributed by atoms with van der Waals surface area (Å²) in [5, 5.41) is 5.66. The van der Waals surface area contributed by atoms with Crippen LogP contribution in [0.1, 0.15) is 27.0 Å². The number of carbonyl (C=O) groups excluding carboxylic acids is 2. The van der Waals surface area contributed by atoms with Gasteiger partial charge < -0.3 is 10.6 Å². The molecule has 0 atom stereocenters. The third-order valence-corrected chi connectivity index (χ3v) is 4.11. The van der Waals surface area contributed by atoms with E-state index in [1.807, 2.05) is 43.3 Å². The normalized spacial score (nSPS) is 10.6. The average molecular weight is 371 g/mol. The summed E-state index contributed by atoms with van der Waals surface area (Å²) in [4.78, 5) is 28.0. The largest absolute Gasteiger partial charge is 0.348 e. The summed E-state index contributed by atoms with van der Waals surface area (Å²) < 4.78 is 0. The first-order valence-electron chi connectivity index (χ1n) is 8.93. The number of nitrogens with zero attached hydrogens (tertiary/aromatic N) is 1. The molecule has 5 heteroatoms. The SMILES string of the molecule is Cc1ccc(/C=C/C(=O)NCc2ccc(NC(=O)c3cccnc3)cc2)cc1. The van der Waals surface area contributed by atoms with Gasteiger partial charge in [0.1, 0.15) is 0 Å². The van der Waals surface area contributed by atoms with Gasteiger partial charge in [0.15, 0.2) is 0 Å². The van der Waals surface area contributed by atoms with Crippen LogP contribution in [0.3, 0.4) is 0 Å². The standard InChI is InChI=1S/C23H21N3O2/c1-17-4-6-18(7-5-17)10-13-22(27)25-15-19-8-11-21(12-9-19)26-23(28)20-3-2-14-24-16-20/h2-14,16H,15H2,1H3,(H,25,27)(H,26,28)/b13-10+. The topological polar surface area (TPSA) is 71.1 Å². The Morgan fingerprint density at radius 3 is 2.43 bits per heavy atom. The molecule has 2 aromatic carbocycles. The molecule has 0 fully saturated rings. The molecule has 2 amide bonds. The zero-order valence-electron chi connectivity index (χ0n) is 15.6. The van der Waals surface area contributed by atoms with Crippen molar-refractivity contribution < 1.29 is 9.59 Å². The van der Waals surface area contributed by atoms with Crippen molar-refractivity contribution in [2.75, 3.05) is 5.32 Å². The Morgan fingerprint density at radius 2 is 1.75 bits per heavy atom. The molecule has 1 aromatic heterocycles. The lowest BCUT2D eigenvalue weighted by molar-refractivity contribution is -0.116. The van der Waals surface area contributed by atoms with E-state index >= 15 is 0 Å². The van der Waals surface area contributed by atoms with Crippen LogP contribution in [0, 0.1) is 6.92 Å². The molecule has 140 valence electrons. The van der Waals surface area contributed by atoms with Crippen molar-refractivity contribution in [3.63, 3.8) is 0 Å². The number of amides is 2. The molecule has 0 radical (unpaired) electrons. The van der Waals surface area contributed by atoms with Crippen LogP contribution in [-0.4, -0.2) is 16.8 Å². The first-order chi connectivity index (χ1) is 13.6. The molecule has 2 N–H and O–H groups in total. The molecule has 28 heavy (non-hydrogen) atoms. The number of benzene rings is 2. The van der Waals surface area contributed by atoms with Crippen molar-refractivity contribution in [2.45, 2.75) is 13.5 Å². The molecule has 0 spiro atoms. The molecule has 0 unspecified atom stereocenters. The molecule has 5 nitrogen and oxygen atoms in total. The van der Waals surface area contributed by atoms with Crippen molar-refractivity contribution in [1.82, 2.24) is 10.3 Å². The number of aryl methyl sites for hydroxylation is 1. The summed E-state index contributed by atoms with van der Waals surface area (Å²) in [6.45, 7) is 2.43. The molecule has 0 saturated carbocycles. The Labute approximate surface area is 164 Å². The second-order valence-corrected chi connectivity index (χ2v) is 6.35. The molecule has 0 bridgehead atoms. The quantitative estimate of drug-likeness (QED) is 0.644. The van der Waals surface area contributed by atoms with Gasteiger partial charge in [-0.15, -0.1) is 0 Å². The zero-order valence-corrected chi connectivity index (χ0v) is 15.6. The van der Waals surface area contributed by atoms with Gasteiger partial charge in [-0.3, -0.25) is 14.6 Å². The van der Waals surface area contributed by atoms with E-state index in [1.165, 1.54) is 17.8 Å². The highest BCUT2D eigenvalue weighted by atomic mass is 16.2. The zero-order chi connectivity index (χ0) is 19.8. The molecular weight excluding hydrogens is 350 g/mol. The number of hydrogen-bond donors (Lipinski definition) is 2. The van der Waals surface area contributed by atoms with Gasteiger partial charge in [-0.25, -0.2) is 0 Å². The summed E-state index contributed by atoms with van der Waals surface area (Å²) in [5.41, 5.74) is 4.29. The summed E-state index contributed by atoms with van der Waals surface area (Å²) in [7, 11) is 0. The molecular formula is C23H21N3O2. The van der Waals surface area contributed by atoms with Crippen LogP contribution >= 0.6 is 0 Å². The van der Waals surface area contributed by atoms with Crippen LogP contribution in [0.2, 0.25) is 0 Å². The predicted molar refractivity (Wildman–Crippen MR) is 111 cm³/mol. The highest BCUT2D eigenvalue weighted by Gasteiger charge is 2.05. The number of hydrogen-bond acceptors (Lipinski definition) is 3. The molecule has 0 aliphatic heterocycles. The van der Waals surface area contributed by atoms with Gasteiger partial charge in [-0.1, -0.05) is 42.0 Å². The van der Waals surface area contributed by atoms with Crippen molar-refractivity contribution >= 4 is 23.6 Å². The maximum absolute atomic E-state index is 12.1. The molecule has 0 saturated heterocycles. The van der Waals surface area contributed by atoms with E-state index in [0.717, 1.165) is 11.1 Å². The van der Waals surface area contributed by atoms with E-state index in [2.05, 4.69) is 15.6 Å². The Balaban J connectivity index is 1.49. The summed E-state index contributed by atoms with van der Waals surface area (Å²) in [6.07, 6.45) is 6.44. The van der Waals surface area contributed by atoms with Gasteiger partial charge >= 0.3 is 0 Å². The van der Waals surface area contributed by atoms with E-state index in [1.54, 1.807) is 36.5 Å². The third-order valence-electron chi connectivity index (χ3n) is 4.11. The Bertz CT molecular complexity index is 963. The third kappa shape index (κ3) is 5.64.